The molecule has 23 heavy (non-hydrogen) atoms. The number of carbonyl (C=O) groups excluding carboxylic acids is 1. The summed E-state index contributed by atoms with van der Waals surface area (Å²) in [6.07, 6.45) is 2.39. The van der Waals surface area contributed by atoms with Crippen LogP contribution < -0.4 is 0 Å². The minimum absolute atomic E-state index is 0.198. The van der Waals surface area contributed by atoms with Crippen LogP contribution >= 0.6 is 11.3 Å². The minimum Gasteiger partial charge on any atom is -0.387 e. The standard InChI is InChI=1S/C17H23N3O2S/c1-2-16(21)15-10-14-11-19(7-3-8-20(14)18-15)17(22)5-4-13-6-9-23-12-13/h6,9-10,12,16,21H,2-5,7-8,11H2,1H3/t16-/m1/s1. The minimum atomic E-state index is -0.517. The van der Waals surface area contributed by atoms with Crippen molar-refractivity contribution < 1.29 is 9.90 Å². The molecule has 3 heterocycles. The highest BCUT2D eigenvalue weighted by molar-refractivity contribution is 7.07. The highest BCUT2D eigenvalue weighted by Crippen LogP contribution is 2.20. The maximum atomic E-state index is 12.5. The summed E-state index contributed by atoms with van der Waals surface area (Å²) >= 11 is 1.67. The topological polar surface area (TPSA) is 58.4 Å². The van der Waals surface area contributed by atoms with Gasteiger partial charge in [0.2, 0.25) is 5.91 Å². The van der Waals surface area contributed by atoms with Gasteiger partial charge in [-0.05, 0) is 47.7 Å². The molecule has 1 atom stereocenters. The molecular weight excluding hydrogens is 310 g/mol. The second-order valence-corrected chi connectivity index (χ2v) is 6.79. The molecule has 0 unspecified atom stereocenters. The van der Waals surface area contributed by atoms with Crippen molar-refractivity contribution in [2.45, 2.75) is 51.8 Å². The van der Waals surface area contributed by atoms with Crippen molar-refractivity contribution >= 4 is 17.2 Å². The Kier molecular flexibility index (Phi) is 5.13. The van der Waals surface area contributed by atoms with Crippen molar-refractivity contribution in [3.8, 4) is 0 Å². The van der Waals surface area contributed by atoms with Crippen molar-refractivity contribution in [3.05, 3.63) is 39.8 Å². The number of aliphatic hydroxyl groups is 1. The van der Waals surface area contributed by atoms with Gasteiger partial charge in [-0.1, -0.05) is 6.92 Å². The van der Waals surface area contributed by atoms with Gasteiger partial charge in [-0.3, -0.25) is 9.48 Å². The summed E-state index contributed by atoms with van der Waals surface area (Å²) in [7, 11) is 0. The monoisotopic (exact) mass is 333 g/mol. The van der Waals surface area contributed by atoms with E-state index in [1.54, 1.807) is 11.3 Å². The number of thiophene rings is 1. The van der Waals surface area contributed by atoms with Gasteiger partial charge in [0.15, 0.2) is 0 Å². The van der Waals surface area contributed by atoms with Crippen molar-refractivity contribution in [2.75, 3.05) is 6.54 Å². The summed E-state index contributed by atoms with van der Waals surface area (Å²) in [6.45, 7) is 4.11. The predicted molar refractivity (Wildman–Crippen MR) is 90.2 cm³/mol. The van der Waals surface area contributed by atoms with Crippen LogP contribution in [0.3, 0.4) is 0 Å². The third-order valence-corrected chi connectivity index (χ3v) is 5.05. The smallest absolute Gasteiger partial charge is 0.223 e. The Bertz CT molecular complexity index is 651. The maximum absolute atomic E-state index is 12.5. The molecule has 0 aromatic carbocycles. The van der Waals surface area contributed by atoms with E-state index in [-0.39, 0.29) is 5.91 Å². The molecule has 0 spiro atoms. The second kappa shape index (κ2) is 7.27. The Labute approximate surface area is 140 Å². The molecule has 1 N–H and O–H groups in total. The van der Waals surface area contributed by atoms with Crippen LogP contribution in [0.15, 0.2) is 22.9 Å². The van der Waals surface area contributed by atoms with Gasteiger partial charge in [0.05, 0.1) is 24.0 Å². The van der Waals surface area contributed by atoms with Gasteiger partial charge in [-0.2, -0.15) is 16.4 Å². The second-order valence-electron chi connectivity index (χ2n) is 6.01. The van der Waals surface area contributed by atoms with Crippen LogP contribution in [-0.2, 0) is 24.3 Å². The number of aryl methyl sites for hydroxylation is 2. The highest BCUT2D eigenvalue weighted by atomic mass is 32.1. The lowest BCUT2D eigenvalue weighted by molar-refractivity contribution is -0.131. The zero-order valence-corrected chi connectivity index (χ0v) is 14.3. The lowest BCUT2D eigenvalue weighted by atomic mass is 10.1. The van der Waals surface area contributed by atoms with Gasteiger partial charge < -0.3 is 10.0 Å². The van der Waals surface area contributed by atoms with E-state index >= 15 is 0 Å². The number of fused-ring (bicyclic) bond motifs is 1. The molecule has 0 saturated heterocycles. The van der Waals surface area contributed by atoms with Crippen molar-refractivity contribution in [1.82, 2.24) is 14.7 Å². The molecule has 2 aromatic rings. The largest absolute Gasteiger partial charge is 0.387 e. The molecule has 0 bridgehead atoms. The zero-order chi connectivity index (χ0) is 16.2. The van der Waals surface area contributed by atoms with Crippen LogP contribution in [0.4, 0.5) is 0 Å². The van der Waals surface area contributed by atoms with Gasteiger partial charge in [0.25, 0.3) is 0 Å². The molecule has 5 nitrogen and oxygen atoms in total. The number of carbonyl (C=O) groups is 1. The molecule has 0 saturated carbocycles. The summed E-state index contributed by atoms with van der Waals surface area (Å²) in [6, 6.07) is 4.02. The summed E-state index contributed by atoms with van der Waals surface area (Å²) in [5, 5.41) is 18.6. The average molecular weight is 333 g/mol. The lowest BCUT2D eigenvalue weighted by Crippen LogP contribution is -2.30. The fourth-order valence-electron chi connectivity index (χ4n) is 2.91. The number of nitrogens with zero attached hydrogens (tertiary/aromatic N) is 3. The molecule has 1 amide bonds. The van der Waals surface area contributed by atoms with E-state index in [4.69, 9.17) is 0 Å². The molecule has 3 rings (SSSR count). The van der Waals surface area contributed by atoms with E-state index in [1.165, 1.54) is 5.56 Å². The predicted octanol–water partition coefficient (Wildman–Crippen LogP) is 2.75. The molecule has 0 aliphatic carbocycles. The molecule has 1 aliphatic heterocycles. The fraction of sp³-hybridized carbons (Fsp3) is 0.529. The molecule has 0 radical (unpaired) electrons. The first-order valence-electron chi connectivity index (χ1n) is 8.21. The SMILES string of the molecule is CC[C@@H](O)c1cc2n(n1)CCCN(C(=O)CCc1ccsc1)C2. The van der Waals surface area contributed by atoms with Crippen molar-refractivity contribution in [1.29, 1.82) is 0 Å². The first kappa shape index (κ1) is 16.2. The molecular formula is C17H23N3O2S. The van der Waals surface area contributed by atoms with Crippen LogP contribution in [0, 0.1) is 0 Å². The normalized spacial score (nSPS) is 16.0. The van der Waals surface area contributed by atoms with Gasteiger partial charge in [0, 0.05) is 19.5 Å². The van der Waals surface area contributed by atoms with Crippen LogP contribution in [0.2, 0.25) is 0 Å². The van der Waals surface area contributed by atoms with E-state index in [0.29, 0.717) is 19.4 Å². The first-order chi connectivity index (χ1) is 11.2. The number of hydrogen-bond acceptors (Lipinski definition) is 4. The van der Waals surface area contributed by atoms with E-state index in [1.807, 2.05) is 28.0 Å². The van der Waals surface area contributed by atoms with Crippen molar-refractivity contribution in [3.63, 3.8) is 0 Å². The Morgan fingerprint density at radius 2 is 2.35 bits per heavy atom. The summed E-state index contributed by atoms with van der Waals surface area (Å²) < 4.78 is 1.94. The van der Waals surface area contributed by atoms with Crippen molar-refractivity contribution in [2.24, 2.45) is 0 Å². The van der Waals surface area contributed by atoms with Crippen LogP contribution in [0.1, 0.15) is 49.2 Å². The number of amides is 1. The highest BCUT2D eigenvalue weighted by Gasteiger charge is 2.21. The van der Waals surface area contributed by atoms with E-state index in [0.717, 1.165) is 37.3 Å². The Morgan fingerprint density at radius 3 is 3.09 bits per heavy atom. The Balaban J connectivity index is 1.65. The van der Waals surface area contributed by atoms with Gasteiger partial charge >= 0.3 is 0 Å². The molecule has 1 aliphatic rings. The molecule has 2 aromatic heterocycles. The molecule has 124 valence electrons. The quantitative estimate of drug-likeness (QED) is 0.915. The van der Waals surface area contributed by atoms with Crippen LogP contribution in [-0.4, -0.2) is 32.2 Å². The third kappa shape index (κ3) is 3.82. The molecule has 0 fully saturated rings. The summed E-state index contributed by atoms with van der Waals surface area (Å²) in [4.78, 5) is 14.4. The van der Waals surface area contributed by atoms with Gasteiger partial charge in [0.1, 0.15) is 0 Å². The van der Waals surface area contributed by atoms with Gasteiger partial charge in [-0.25, -0.2) is 0 Å². The number of aliphatic hydroxyl groups excluding tert-OH is 1. The summed E-state index contributed by atoms with van der Waals surface area (Å²) in [5.74, 6) is 0.198. The van der Waals surface area contributed by atoms with Crippen LogP contribution in [0.25, 0.3) is 0 Å². The lowest BCUT2D eigenvalue weighted by Gasteiger charge is -2.20. The maximum Gasteiger partial charge on any atom is 0.223 e. The average Bonchev–Trinajstić information content (AvgIpc) is 3.17. The van der Waals surface area contributed by atoms with Gasteiger partial charge in [-0.15, -0.1) is 0 Å². The zero-order valence-electron chi connectivity index (χ0n) is 13.4. The Morgan fingerprint density at radius 1 is 1.48 bits per heavy atom. The third-order valence-electron chi connectivity index (χ3n) is 4.32. The van der Waals surface area contributed by atoms with E-state index in [9.17, 15) is 9.90 Å². The summed E-state index contributed by atoms with van der Waals surface area (Å²) in [5.41, 5.74) is 2.97. The number of rotatable bonds is 5. The van der Waals surface area contributed by atoms with E-state index < -0.39 is 6.10 Å². The number of aromatic nitrogens is 2. The van der Waals surface area contributed by atoms with E-state index in [2.05, 4.69) is 16.5 Å². The number of hydrogen-bond donors (Lipinski definition) is 1. The first-order valence-corrected chi connectivity index (χ1v) is 9.15. The molecule has 6 heteroatoms. The fourth-order valence-corrected chi connectivity index (χ4v) is 3.62. The Hall–Kier alpha value is -1.66. The van der Waals surface area contributed by atoms with Crippen LogP contribution in [0.5, 0.6) is 0 Å².